The summed E-state index contributed by atoms with van der Waals surface area (Å²) in [6.07, 6.45) is 5.95. The topological polar surface area (TPSA) is 90.2 Å². The fraction of sp³-hybridized carbons (Fsp3) is 0.385. The number of amides is 2. The Morgan fingerprint density at radius 3 is 2.29 bits per heavy atom. The van der Waals surface area contributed by atoms with Crippen LogP contribution in [0.4, 0.5) is 0 Å². The molecule has 34 heavy (non-hydrogen) atoms. The lowest BCUT2D eigenvalue weighted by Gasteiger charge is -2.14. The van der Waals surface area contributed by atoms with E-state index < -0.39 is 12.1 Å². The first-order valence-electron chi connectivity index (χ1n) is 11.4. The lowest BCUT2D eigenvalue weighted by molar-refractivity contribution is -0.148. The number of nitrogens with zero attached hydrogens (tertiary/aromatic N) is 3. The van der Waals surface area contributed by atoms with Crippen molar-refractivity contribution >= 4 is 24.0 Å². The van der Waals surface area contributed by atoms with E-state index in [1.165, 1.54) is 7.11 Å². The highest BCUT2D eigenvalue weighted by Gasteiger charge is 2.59. The van der Waals surface area contributed by atoms with Gasteiger partial charge in [-0.05, 0) is 69.4 Å². The van der Waals surface area contributed by atoms with Crippen LogP contribution in [0.1, 0.15) is 30.3 Å². The van der Waals surface area contributed by atoms with Gasteiger partial charge in [0.15, 0.2) is 6.10 Å². The average molecular weight is 462 g/mol. The Labute approximate surface area is 197 Å². The molecule has 5 rings (SSSR count). The number of methoxy groups -OCH3 is 1. The molecule has 2 fully saturated rings. The molecule has 1 aliphatic heterocycles. The second-order valence-electron chi connectivity index (χ2n) is 9.17. The summed E-state index contributed by atoms with van der Waals surface area (Å²) in [4.78, 5) is 37.3. The smallest absolute Gasteiger partial charge is 0.346 e. The van der Waals surface area contributed by atoms with Gasteiger partial charge in [0.05, 0.1) is 25.2 Å². The van der Waals surface area contributed by atoms with Gasteiger partial charge in [-0.3, -0.25) is 9.59 Å². The fourth-order valence-electron chi connectivity index (χ4n) is 5.53. The first-order chi connectivity index (χ1) is 16.3. The molecular weight excluding hydrogens is 434 g/mol. The van der Waals surface area contributed by atoms with Crippen molar-refractivity contribution in [2.45, 2.75) is 33.3 Å². The quantitative estimate of drug-likeness (QED) is 0.285. The Kier molecular flexibility index (Phi) is 5.38. The predicted molar refractivity (Wildman–Crippen MR) is 125 cm³/mol. The van der Waals surface area contributed by atoms with Crippen molar-refractivity contribution in [1.82, 2.24) is 9.58 Å². The van der Waals surface area contributed by atoms with Crippen LogP contribution in [-0.4, -0.2) is 46.8 Å². The molecule has 2 heterocycles. The molecule has 8 heteroatoms. The summed E-state index contributed by atoms with van der Waals surface area (Å²) in [5.41, 5.74) is 3.65. The SMILES string of the molecule is COC(=O)[C@H](C)Oc1ccc(-n2c(C)cc(C=NN3C(=O)[C@@H]4[C@H](C3=O)[C@H]3C=C[C@H]4C3)c2C)cc1. The minimum atomic E-state index is -0.699. The van der Waals surface area contributed by atoms with Gasteiger partial charge in [-0.2, -0.15) is 10.1 Å². The van der Waals surface area contributed by atoms with Gasteiger partial charge in [-0.1, -0.05) is 12.2 Å². The van der Waals surface area contributed by atoms with Crippen molar-refractivity contribution < 1.29 is 23.9 Å². The summed E-state index contributed by atoms with van der Waals surface area (Å²) in [7, 11) is 1.33. The van der Waals surface area contributed by atoms with Crippen molar-refractivity contribution in [3.05, 3.63) is 59.4 Å². The molecule has 0 N–H and O–H groups in total. The number of hydrogen-bond donors (Lipinski definition) is 0. The zero-order chi connectivity index (χ0) is 24.1. The molecule has 176 valence electrons. The van der Waals surface area contributed by atoms with E-state index >= 15 is 0 Å². The number of esters is 1. The molecule has 1 saturated heterocycles. The molecular formula is C26H27N3O5. The average Bonchev–Trinajstić information content (AvgIpc) is 3.56. The van der Waals surface area contributed by atoms with Crippen molar-refractivity contribution in [2.24, 2.45) is 28.8 Å². The van der Waals surface area contributed by atoms with Crippen LogP contribution >= 0.6 is 0 Å². The molecule has 2 aromatic rings. The fourth-order valence-corrected chi connectivity index (χ4v) is 5.53. The van der Waals surface area contributed by atoms with Crippen LogP contribution < -0.4 is 4.74 Å². The van der Waals surface area contributed by atoms with Gasteiger partial charge in [0.1, 0.15) is 5.75 Å². The Morgan fingerprint density at radius 2 is 1.71 bits per heavy atom. The maximum Gasteiger partial charge on any atom is 0.346 e. The second-order valence-corrected chi connectivity index (χ2v) is 9.17. The van der Waals surface area contributed by atoms with Crippen LogP contribution in [0.5, 0.6) is 5.75 Å². The Morgan fingerprint density at radius 1 is 1.09 bits per heavy atom. The van der Waals surface area contributed by atoms with E-state index in [0.29, 0.717) is 5.75 Å². The molecule has 5 atom stereocenters. The standard InChI is InChI=1S/C26H27N3O5/c1-14-11-19(13-27-29-24(30)22-17-5-6-18(12-17)23(22)25(29)31)15(2)28(14)20-7-9-21(10-8-20)34-16(3)26(32)33-4/h5-11,13,16-18,22-23H,12H2,1-4H3/t16-,17-,18-,22-,23+/m0/s1. The number of aromatic nitrogens is 1. The molecule has 1 saturated carbocycles. The van der Waals surface area contributed by atoms with Crippen LogP contribution in [-0.2, 0) is 19.1 Å². The highest BCUT2D eigenvalue weighted by atomic mass is 16.6. The zero-order valence-corrected chi connectivity index (χ0v) is 19.6. The number of hydrogen-bond acceptors (Lipinski definition) is 6. The van der Waals surface area contributed by atoms with Gasteiger partial charge >= 0.3 is 5.97 Å². The van der Waals surface area contributed by atoms with E-state index in [0.717, 1.165) is 34.1 Å². The number of hydrazone groups is 1. The van der Waals surface area contributed by atoms with Crippen molar-refractivity contribution in [3.8, 4) is 11.4 Å². The van der Waals surface area contributed by atoms with Crippen molar-refractivity contribution in [2.75, 3.05) is 7.11 Å². The summed E-state index contributed by atoms with van der Waals surface area (Å²) >= 11 is 0. The number of rotatable bonds is 6. The van der Waals surface area contributed by atoms with Crippen LogP contribution in [0.15, 0.2) is 47.6 Å². The molecule has 8 nitrogen and oxygen atoms in total. The van der Waals surface area contributed by atoms with Gasteiger partial charge in [0.25, 0.3) is 11.8 Å². The lowest BCUT2D eigenvalue weighted by atomic mass is 9.85. The highest BCUT2D eigenvalue weighted by Crippen LogP contribution is 2.52. The summed E-state index contributed by atoms with van der Waals surface area (Å²) < 4.78 is 12.4. The number of fused-ring (bicyclic) bond motifs is 5. The third-order valence-corrected chi connectivity index (χ3v) is 7.17. The monoisotopic (exact) mass is 461 g/mol. The maximum absolute atomic E-state index is 12.9. The van der Waals surface area contributed by atoms with E-state index in [1.54, 1.807) is 25.3 Å². The van der Waals surface area contributed by atoms with Gasteiger partial charge in [-0.25, -0.2) is 4.79 Å². The highest BCUT2D eigenvalue weighted by molar-refractivity contribution is 6.06. The number of carbonyl (C=O) groups excluding carboxylic acids is 3. The first kappa shape index (κ1) is 22.1. The van der Waals surface area contributed by atoms with Crippen LogP contribution in [0.2, 0.25) is 0 Å². The van der Waals surface area contributed by atoms with E-state index in [4.69, 9.17) is 9.47 Å². The largest absolute Gasteiger partial charge is 0.479 e. The third-order valence-electron chi connectivity index (χ3n) is 7.17. The molecule has 1 aromatic heterocycles. The van der Waals surface area contributed by atoms with Crippen LogP contribution in [0.25, 0.3) is 5.69 Å². The normalized spacial score (nSPS) is 25.9. The van der Waals surface area contributed by atoms with E-state index in [9.17, 15) is 14.4 Å². The number of benzene rings is 1. The maximum atomic E-state index is 12.9. The molecule has 0 spiro atoms. The van der Waals surface area contributed by atoms with Gasteiger partial charge in [0, 0.05) is 22.6 Å². The molecule has 0 radical (unpaired) electrons. The van der Waals surface area contributed by atoms with E-state index in [2.05, 4.69) is 21.8 Å². The van der Waals surface area contributed by atoms with Gasteiger partial charge in [-0.15, -0.1) is 0 Å². The molecule has 1 aromatic carbocycles. The van der Waals surface area contributed by atoms with E-state index in [1.807, 2.05) is 32.0 Å². The summed E-state index contributed by atoms with van der Waals surface area (Å²) in [6.45, 7) is 5.58. The third kappa shape index (κ3) is 3.45. The number of carbonyl (C=O) groups is 3. The van der Waals surface area contributed by atoms with Gasteiger partial charge in [0.2, 0.25) is 0 Å². The number of allylic oxidation sites excluding steroid dienone is 2. The van der Waals surface area contributed by atoms with Crippen molar-refractivity contribution in [1.29, 1.82) is 0 Å². The van der Waals surface area contributed by atoms with Crippen LogP contribution in [0.3, 0.4) is 0 Å². The second kappa shape index (κ2) is 8.27. The molecule has 3 aliphatic rings. The summed E-state index contributed by atoms with van der Waals surface area (Å²) in [5, 5.41) is 5.39. The number of imide groups is 1. The Bertz CT molecular complexity index is 1200. The zero-order valence-electron chi connectivity index (χ0n) is 19.6. The van der Waals surface area contributed by atoms with Crippen LogP contribution in [0, 0.1) is 37.5 Å². The molecule has 0 unspecified atom stereocenters. The number of ether oxygens (including phenoxy) is 2. The van der Waals surface area contributed by atoms with Gasteiger partial charge < -0.3 is 14.0 Å². The summed E-state index contributed by atoms with van der Waals surface area (Å²) in [5.74, 6) is -0.427. The van der Waals surface area contributed by atoms with Crippen molar-refractivity contribution in [3.63, 3.8) is 0 Å². The molecule has 2 amide bonds. The van der Waals surface area contributed by atoms with E-state index in [-0.39, 0.29) is 35.5 Å². The Balaban J connectivity index is 1.34. The summed E-state index contributed by atoms with van der Waals surface area (Å²) in [6, 6.07) is 9.36. The molecule has 2 bridgehead atoms. The number of aryl methyl sites for hydroxylation is 1. The lowest BCUT2D eigenvalue weighted by Crippen LogP contribution is -2.28. The Hall–Kier alpha value is -3.68. The first-order valence-corrected chi connectivity index (χ1v) is 11.4. The minimum absolute atomic E-state index is 0.166. The minimum Gasteiger partial charge on any atom is -0.479 e. The predicted octanol–water partition coefficient (Wildman–Crippen LogP) is 3.18. The molecule has 2 aliphatic carbocycles.